The number of halogens is 2. The SMILES string of the molecule is N#CC1CNC[C@H]1c1ccc(F)cc1F. The van der Waals surface area contributed by atoms with Gasteiger partial charge in [-0.1, -0.05) is 6.07 Å². The smallest absolute Gasteiger partial charge is 0.129 e. The van der Waals surface area contributed by atoms with E-state index >= 15 is 0 Å². The molecule has 0 amide bonds. The molecular formula is C11H10F2N2. The van der Waals surface area contributed by atoms with Crippen molar-refractivity contribution in [3.05, 3.63) is 35.4 Å². The molecule has 2 nitrogen and oxygen atoms in total. The van der Waals surface area contributed by atoms with Crippen molar-refractivity contribution in [2.45, 2.75) is 5.92 Å². The Morgan fingerprint density at radius 3 is 2.80 bits per heavy atom. The third kappa shape index (κ3) is 1.83. The van der Waals surface area contributed by atoms with Crippen LogP contribution in [0.15, 0.2) is 18.2 Å². The van der Waals surface area contributed by atoms with Crippen LogP contribution in [0.1, 0.15) is 11.5 Å². The summed E-state index contributed by atoms with van der Waals surface area (Å²) in [5, 5.41) is 11.9. The van der Waals surface area contributed by atoms with Gasteiger partial charge in [0.15, 0.2) is 0 Å². The van der Waals surface area contributed by atoms with Crippen LogP contribution in [0.3, 0.4) is 0 Å². The predicted octanol–water partition coefficient (Wildman–Crippen LogP) is 1.79. The molecule has 15 heavy (non-hydrogen) atoms. The molecule has 1 aromatic carbocycles. The summed E-state index contributed by atoms with van der Waals surface area (Å²) in [5.74, 6) is -1.56. The second-order valence-corrected chi connectivity index (χ2v) is 3.67. The normalized spacial score (nSPS) is 25.1. The molecule has 0 bridgehead atoms. The monoisotopic (exact) mass is 208 g/mol. The molecule has 1 heterocycles. The third-order valence-electron chi connectivity index (χ3n) is 2.74. The van der Waals surface area contributed by atoms with E-state index in [0.717, 1.165) is 6.07 Å². The van der Waals surface area contributed by atoms with Crippen molar-refractivity contribution in [1.82, 2.24) is 5.32 Å². The second-order valence-electron chi connectivity index (χ2n) is 3.67. The standard InChI is InChI=1S/C11H10F2N2/c12-8-1-2-9(11(13)3-8)10-6-15-5-7(10)4-14/h1-3,7,10,15H,5-6H2/t7?,10-/m1/s1. The van der Waals surface area contributed by atoms with E-state index in [4.69, 9.17) is 5.26 Å². The number of nitriles is 1. The second kappa shape index (κ2) is 3.95. The zero-order chi connectivity index (χ0) is 10.8. The molecule has 1 N–H and O–H groups in total. The molecule has 0 radical (unpaired) electrons. The highest BCUT2D eigenvalue weighted by Gasteiger charge is 2.30. The molecule has 2 atom stereocenters. The van der Waals surface area contributed by atoms with Crippen molar-refractivity contribution in [2.24, 2.45) is 5.92 Å². The van der Waals surface area contributed by atoms with Crippen LogP contribution in [0, 0.1) is 28.9 Å². The van der Waals surface area contributed by atoms with Gasteiger partial charge in [0.1, 0.15) is 11.6 Å². The Kier molecular flexibility index (Phi) is 2.65. The van der Waals surface area contributed by atoms with Crippen molar-refractivity contribution in [3.8, 4) is 6.07 Å². The van der Waals surface area contributed by atoms with Crippen LogP contribution in [-0.4, -0.2) is 13.1 Å². The minimum atomic E-state index is -0.587. The van der Waals surface area contributed by atoms with Crippen LogP contribution in [-0.2, 0) is 0 Å². The average Bonchev–Trinajstić information content (AvgIpc) is 2.65. The third-order valence-corrected chi connectivity index (χ3v) is 2.74. The van der Waals surface area contributed by atoms with Crippen molar-refractivity contribution in [1.29, 1.82) is 5.26 Å². The Labute approximate surface area is 86.5 Å². The van der Waals surface area contributed by atoms with E-state index in [2.05, 4.69) is 11.4 Å². The van der Waals surface area contributed by atoms with Gasteiger partial charge in [0.2, 0.25) is 0 Å². The highest BCUT2D eigenvalue weighted by Crippen LogP contribution is 2.29. The predicted molar refractivity (Wildman–Crippen MR) is 51.1 cm³/mol. The summed E-state index contributed by atoms with van der Waals surface area (Å²) in [6.07, 6.45) is 0. The molecule has 0 aromatic heterocycles. The molecule has 2 rings (SSSR count). The molecule has 1 aliphatic rings. The molecular weight excluding hydrogens is 198 g/mol. The van der Waals surface area contributed by atoms with E-state index in [1.54, 1.807) is 0 Å². The van der Waals surface area contributed by atoms with Crippen molar-refractivity contribution < 1.29 is 8.78 Å². The van der Waals surface area contributed by atoms with Crippen molar-refractivity contribution in [3.63, 3.8) is 0 Å². The first-order valence-electron chi connectivity index (χ1n) is 4.77. The molecule has 0 aliphatic carbocycles. The summed E-state index contributed by atoms with van der Waals surface area (Å²) < 4.78 is 26.1. The molecule has 1 fully saturated rings. The Morgan fingerprint density at radius 1 is 1.33 bits per heavy atom. The molecule has 1 aliphatic heterocycles. The van der Waals surface area contributed by atoms with Crippen molar-refractivity contribution in [2.75, 3.05) is 13.1 Å². The van der Waals surface area contributed by atoms with Gasteiger partial charge < -0.3 is 5.32 Å². The maximum Gasteiger partial charge on any atom is 0.129 e. The maximum atomic E-state index is 13.4. The fourth-order valence-corrected chi connectivity index (χ4v) is 1.94. The topological polar surface area (TPSA) is 35.8 Å². The van der Waals surface area contributed by atoms with Crippen molar-refractivity contribution >= 4 is 0 Å². The number of nitrogens with zero attached hydrogens (tertiary/aromatic N) is 1. The van der Waals surface area contributed by atoms with Crippen LogP contribution >= 0.6 is 0 Å². The quantitative estimate of drug-likeness (QED) is 0.763. The van der Waals surface area contributed by atoms with Crippen LogP contribution < -0.4 is 5.32 Å². The lowest BCUT2D eigenvalue weighted by molar-refractivity contribution is 0.542. The summed E-state index contributed by atoms with van der Waals surface area (Å²) in [6, 6.07) is 5.65. The van der Waals surface area contributed by atoms with Gasteiger partial charge in [-0.2, -0.15) is 5.26 Å². The van der Waals surface area contributed by atoms with E-state index in [0.29, 0.717) is 18.7 Å². The number of hydrogen-bond donors (Lipinski definition) is 1. The van der Waals surface area contributed by atoms with Crippen LogP contribution in [0.5, 0.6) is 0 Å². The molecule has 1 aromatic rings. The lowest BCUT2D eigenvalue weighted by Crippen LogP contribution is -2.10. The number of rotatable bonds is 1. The highest BCUT2D eigenvalue weighted by atomic mass is 19.1. The summed E-state index contributed by atoms with van der Waals surface area (Å²) in [4.78, 5) is 0. The largest absolute Gasteiger partial charge is 0.315 e. The summed E-state index contributed by atoms with van der Waals surface area (Å²) in [7, 11) is 0. The Balaban J connectivity index is 2.33. The fraction of sp³-hybridized carbons (Fsp3) is 0.364. The van der Waals surface area contributed by atoms with Gasteiger partial charge >= 0.3 is 0 Å². The highest BCUT2D eigenvalue weighted by molar-refractivity contribution is 5.26. The number of hydrogen-bond acceptors (Lipinski definition) is 2. The molecule has 1 unspecified atom stereocenters. The zero-order valence-corrected chi connectivity index (χ0v) is 8.00. The van der Waals surface area contributed by atoms with Crippen LogP contribution in [0.25, 0.3) is 0 Å². The van der Waals surface area contributed by atoms with Gasteiger partial charge in [-0.15, -0.1) is 0 Å². The molecule has 78 valence electrons. The van der Waals surface area contributed by atoms with Gasteiger partial charge in [-0.25, -0.2) is 8.78 Å². The van der Waals surface area contributed by atoms with E-state index in [9.17, 15) is 8.78 Å². The van der Waals surface area contributed by atoms with E-state index in [1.807, 2.05) is 0 Å². The van der Waals surface area contributed by atoms with Gasteiger partial charge in [-0.05, 0) is 11.6 Å². The van der Waals surface area contributed by atoms with Gasteiger partial charge in [-0.3, -0.25) is 0 Å². The van der Waals surface area contributed by atoms with Crippen LogP contribution in [0.2, 0.25) is 0 Å². The molecule has 0 spiro atoms. The van der Waals surface area contributed by atoms with Gasteiger partial charge in [0.25, 0.3) is 0 Å². The van der Waals surface area contributed by atoms with E-state index in [1.165, 1.54) is 12.1 Å². The summed E-state index contributed by atoms with van der Waals surface area (Å²) in [5.41, 5.74) is 0.424. The molecule has 0 saturated carbocycles. The maximum absolute atomic E-state index is 13.4. The zero-order valence-electron chi connectivity index (χ0n) is 8.00. The van der Waals surface area contributed by atoms with E-state index in [-0.39, 0.29) is 11.8 Å². The molecule has 4 heteroatoms. The summed E-state index contributed by atoms with van der Waals surface area (Å²) in [6.45, 7) is 1.14. The summed E-state index contributed by atoms with van der Waals surface area (Å²) >= 11 is 0. The molecule has 1 saturated heterocycles. The Hall–Kier alpha value is -1.47. The lowest BCUT2D eigenvalue weighted by Gasteiger charge is -2.13. The van der Waals surface area contributed by atoms with Gasteiger partial charge in [0, 0.05) is 25.1 Å². The first-order chi connectivity index (χ1) is 7.22. The fourth-order valence-electron chi connectivity index (χ4n) is 1.94. The van der Waals surface area contributed by atoms with Gasteiger partial charge in [0.05, 0.1) is 12.0 Å². The first kappa shape index (κ1) is 10.1. The minimum Gasteiger partial charge on any atom is -0.315 e. The van der Waals surface area contributed by atoms with E-state index < -0.39 is 11.6 Å². The number of benzene rings is 1. The first-order valence-corrected chi connectivity index (χ1v) is 4.77. The van der Waals surface area contributed by atoms with Crippen LogP contribution in [0.4, 0.5) is 8.78 Å². The Morgan fingerprint density at radius 2 is 2.13 bits per heavy atom. The number of nitrogens with one attached hydrogen (secondary N) is 1. The Bertz CT molecular complexity index is 412. The lowest BCUT2D eigenvalue weighted by atomic mass is 9.89. The minimum absolute atomic E-state index is 0.171. The average molecular weight is 208 g/mol.